The molecule has 4 rings (SSSR count). The molecule has 30 heavy (non-hydrogen) atoms. The van der Waals surface area contributed by atoms with Gasteiger partial charge in [0, 0.05) is 6.07 Å². The van der Waals surface area contributed by atoms with Crippen molar-refractivity contribution in [1.29, 1.82) is 0 Å². The highest BCUT2D eigenvalue weighted by atomic mass is 16.5. The molecule has 0 aliphatic heterocycles. The average molecular weight is 405 g/mol. The number of carbonyl (C=O) groups is 1. The molecule has 2 N–H and O–H groups in total. The van der Waals surface area contributed by atoms with Crippen molar-refractivity contribution in [3.63, 3.8) is 0 Å². The van der Waals surface area contributed by atoms with Crippen LogP contribution in [0.1, 0.15) is 36.0 Å². The van der Waals surface area contributed by atoms with Crippen LogP contribution < -0.4 is 10.9 Å². The maximum absolute atomic E-state index is 12.9. The van der Waals surface area contributed by atoms with Gasteiger partial charge in [0.25, 0.3) is 0 Å². The molecule has 1 unspecified atom stereocenters. The van der Waals surface area contributed by atoms with E-state index in [0.29, 0.717) is 17.9 Å². The molecule has 3 aromatic rings. The first-order valence-corrected chi connectivity index (χ1v) is 9.94. The van der Waals surface area contributed by atoms with Gasteiger partial charge in [-0.15, -0.1) is 0 Å². The third-order valence-electron chi connectivity index (χ3n) is 5.37. The fourth-order valence-electron chi connectivity index (χ4n) is 3.76. The van der Waals surface area contributed by atoms with E-state index in [1.807, 2.05) is 60.7 Å². The van der Waals surface area contributed by atoms with Crippen LogP contribution in [0, 0.1) is 5.92 Å². The van der Waals surface area contributed by atoms with Gasteiger partial charge in [-0.25, -0.2) is 9.59 Å². The van der Waals surface area contributed by atoms with E-state index in [4.69, 9.17) is 9.15 Å². The molecule has 0 spiro atoms. The molecule has 0 saturated heterocycles. The minimum Gasteiger partial charge on any atom is -0.507 e. The van der Waals surface area contributed by atoms with Gasteiger partial charge in [-0.3, -0.25) is 0 Å². The summed E-state index contributed by atoms with van der Waals surface area (Å²) in [6.45, 7) is 0.0936. The highest BCUT2D eigenvalue weighted by Crippen LogP contribution is 2.45. The van der Waals surface area contributed by atoms with Crippen LogP contribution in [0.2, 0.25) is 0 Å². The minimum atomic E-state index is -1.26. The van der Waals surface area contributed by atoms with Crippen LogP contribution in [0.3, 0.4) is 0 Å². The number of nitrogens with one attached hydrogen (secondary N) is 1. The first-order valence-electron chi connectivity index (χ1n) is 9.94. The molecular weight excluding hydrogens is 382 g/mol. The van der Waals surface area contributed by atoms with E-state index >= 15 is 0 Å². The Balaban J connectivity index is 1.72. The Morgan fingerprint density at radius 3 is 2.37 bits per heavy atom. The molecule has 0 bridgehead atoms. The number of benzene rings is 2. The second-order valence-electron chi connectivity index (χ2n) is 7.57. The average Bonchev–Trinajstić information content (AvgIpc) is 3.57. The van der Waals surface area contributed by atoms with Crippen molar-refractivity contribution in [2.45, 2.75) is 31.4 Å². The topological polar surface area (TPSA) is 88.8 Å². The summed E-state index contributed by atoms with van der Waals surface area (Å²) in [5.41, 5.74) is -0.408. The smallest absolute Gasteiger partial charge is 0.408 e. The van der Waals surface area contributed by atoms with Gasteiger partial charge in [0.1, 0.15) is 23.5 Å². The van der Waals surface area contributed by atoms with Crippen LogP contribution in [0.5, 0.6) is 5.75 Å². The van der Waals surface area contributed by atoms with Gasteiger partial charge in [-0.1, -0.05) is 73.5 Å². The Kier molecular flexibility index (Phi) is 5.57. The van der Waals surface area contributed by atoms with E-state index < -0.39 is 17.3 Å². The number of hydrogen-bond donors (Lipinski definition) is 2. The van der Waals surface area contributed by atoms with Gasteiger partial charge >= 0.3 is 11.7 Å². The number of carbonyl (C=O) groups excluding carboxylic acids is 1. The monoisotopic (exact) mass is 405 g/mol. The Hall–Kier alpha value is -3.54. The Morgan fingerprint density at radius 1 is 1.07 bits per heavy atom. The fraction of sp³-hybridized carbons (Fsp3) is 0.250. The van der Waals surface area contributed by atoms with Crippen molar-refractivity contribution in [3.8, 4) is 5.75 Å². The van der Waals surface area contributed by atoms with E-state index in [-0.39, 0.29) is 17.9 Å². The number of hydrogen-bond acceptors (Lipinski definition) is 5. The van der Waals surface area contributed by atoms with Crippen molar-refractivity contribution in [1.82, 2.24) is 5.32 Å². The zero-order valence-corrected chi connectivity index (χ0v) is 16.4. The van der Waals surface area contributed by atoms with Crippen LogP contribution in [0.4, 0.5) is 4.79 Å². The summed E-state index contributed by atoms with van der Waals surface area (Å²) >= 11 is 0. The zero-order valence-electron chi connectivity index (χ0n) is 16.4. The summed E-state index contributed by atoms with van der Waals surface area (Å²) in [6, 6.07) is 19.8. The lowest BCUT2D eigenvalue weighted by Crippen LogP contribution is -2.50. The van der Waals surface area contributed by atoms with Crippen molar-refractivity contribution < 1.29 is 19.1 Å². The van der Waals surface area contributed by atoms with Crippen molar-refractivity contribution >= 4 is 6.09 Å². The standard InChI is InChI=1S/C24H23NO5/c26-20-13-14-29-22(27)21(20)24(15-17-11-12-17,19-9-5-2-6-10-19)25-23(28)30-16-18-7-3-1-4-8-18/h1-10,13-14,17,26H,11-12,15-16H2,(H,25,28). The Bertz CT molecular complexity index is 1060. The molecule has 2 aromatic carbocycles. The predicted molar refractivity (Wildman–Crippen MR) is 111 cm³/mol. The molecule has 154 valence electrons. The first kappa shape index (κ1) is 19.8. The number of ether oxygens (including phenoxy) is 1. The molecule has 1 aliphatic rings. The fourth-order valence-corrected chi connectivity index (χ4v) is 3.76. The summed E-state index contributed by atoms with van der Waals surface area (Å²) < 4.78 is 10.5. The zero-order chi connectivity index (χ0) is 21.0. The quantitative estimate of drug-likeness (QED) is 0.611. The summed E-state index contributed by atoms with van der Waals surface area (Å²) in [7, 11) is 0. The summed E-state index contributed by atoms with van der Waals surface area (Å²) in [5.74, 6) is 0.0951. The number of aromatic hydroxyl groups is 1. The number of rotatable bonds is 7. The van der Waals surface area contributed by atoms with Gasteiger partial charge in [0.05, 0.1) is 6.26 Å². The van der Waals surface area contributed by atoms with Crippen molar-refractivity contribution in [3.05, 3.63) is 100 Å². The molecule has 6 heteroatoms. The predicted octanol–water partition coefficient (Wildman–Crippen LogP) is 4.32. The van der Waals surface area contributed by atoms with Gasteiger partial charge in [-0.05, 0) is 23.5 Å². The second kappa shape index (κ2) is 8.45. The summed E-state index contributed by atoms with van der Waals surface area (Å²) in [5, 5.41) is 13.5. The summed E-state index contributed by atoms with van der Waals surface area (Å²) in [4.78, 5) is 25.6. The first-order chi connectivity index (χ1) is 14.6. The lowest BCUT2D eigenvalue weighted by atomic mass is 9.79. The largest absolute Gasteiger partial charge is 0.507 e. The van der Waals surface area contributed by atoms with Gasteiger partial charge in [0.2, 0.25) is 0 Å². The lowest BCUT2D eigenvalue weighted by Gasteiger charge is -2.35. The van der Waals surface area contributed by atoms with Gasteiger partial charge < -0.3 is 19.6 Å². The van der Waals surface area contributed by atoms with Crippen molar-refractivity contribution in [2.24, 2.45) is 5.92 Å². The molecule has 1 amide bonds. The third kappa shape index (κ3) is 4.22. The van der Waals surface area contributed by atoms with Crippen LogP contribution in [0.25, 0.3) is 0 Å². The molecule has 1 aliphatic carbocycles. The highest BCUT2D eigenvalue weighted by Gasteiger charge is 2.45. The minimum absolute atomic E-state index is 0.0137. The molecule has 6 nitrogen and oxygen atoms in total. The number of amides is 1. The maximum Gasteiger partial charge on any atom is 0.408 e. The van der Waals surface area contributed by atoms with E-state index in [0.717, 1.165) is 24.7 Å². The third-order valence-corrected chi connectivity index (χ3v) is 5.37. The van der Waals surface area contributed by atoms with Crippen LogP contribution >= 0.6 is 0 Å². The van der Waals surface area contributed by atoms with E-state index in [9.17, 15) is 14.7 Å². The Labute approximate surface area is 174 Å². The molecule has 1 heterocycles. The van der Waals surface area contributed by atoms with Crippen LogP contribution in [0.15, 0.2) is 82.2 Å². The van der Waals surface area contributed by atoms with Crippen LogP contribution in [-0.2, 0) is 16.9 Å². The van der Waals surface area contributed by atoms with Gasteiger partial charge in [-0.2, -0.15) is 0 Å². The van der Waals surface area contributed by atoms with E-state index in [1.165, 1.54) is 6.07 Å². The molecular formula is C24H23NO5. The summed E-state index contributed by atoms with van der Waals surface area (Å²) in [6.07, 6.45) is 2.91. The maximum atomic E-state index is 12.9. The normalized spacial score (nSPS) is 15.2. The number of alkyl carbamates (subject to hydrolysis) is 1. The molecule has 1 aromatic heterocycles. The highest BCUT2D eigenvalue weighted by molar-refractivity contribution is 5.70. The second-order valence-corrected chi connectivity index (χ2v) is 7.57. The SMILES string of the molecule is O=C(NC(CC1CC1)(c1ccccc1)c1c(O)ccoc1=O)OCc1ccccc1. The van der Waals surface area contributed by atoms with E-state index in [1.54, 1.807) is 0 Å². The molecule has 1 fully saturated rings. The molecule has 0 radical (unpaired) electrons. The molecule has 1 atom stereocenters. The van der Waals surface area contributed by atoms with Gasteiger partial charge in [0.15, 0.2) is 0 Å². The van der Waals surface area contributed by atoms with Crippen LogP contribution in [-0.4, -0.2) is 11.2 Å². The van der Waals surface area contributed by atoms with Crippen molar-refractivity contribution in [2.75, 3.05) is 0 Å². The Morgan fingerprint density at radius 2 is 1.73 bits per heavy atom. The molecule has 1 saturated carbocycles. The lowest BCUT2D eigenvalue weighted by molar-refractivity contribution is 0.127. The van der Waals surface area contributed by atoms with E-state index in [2.05, 4.69) is 5.32 Å².